The highest BCUT2D eigenvalue weighted by Crippen LogP contribution is 2.41. The van der Waals surface area contributed by atoms with Crippen LogP contribution in [0.25, 0.3) is 0 Å². The fourth-order valence-corrected chi connectivity index (χ4v) is 1.57. The van der Waals surface area contributed by atoms with Gasteiger partial charge < -0.3 is 5.11 Å². The van der Waals surface area contributed by atoms with Gasteiger partial charge in [-0.05, 0) is 5.56 Å². The van der Waals surface area contributed by atoms with Crippen LogP contribution in [0.4, 0.5) is 13.2 Å². The maximum atomic E-state index is 12.4. The number of alkyl halides is 3. The fraction of sp³-hybridized carbons (Fsp3) is 0.400. The first kappa shape index (κ1) is 11.4. The second-order valence-corrected chi connectivity index (χ2v) is 3.67. The molecule has 1 aromatic carbocycles. The fourth-order valence-electron chi connectivity index (χ4n) is 1.57. The van der Waals surface area contributed by atoms with Crippen LogP contribution in [0.2, 0.25) is 0 Å². The van der Waals surface area contributed by atoms with Crippen molar-refractivity contribution < 1.29 is 23.1 Å². The molecule has 0 saturated carbocycles. The molecule has 0 bridgehead atoms. The van der Waals surface area contributed by atoms with E-state index in [0.717, 1.165) is 0 Å². The first-order chi connectivity index (χ1) is 7.42. The molecular formula is C10H10F3NO2. The summed E-state index contributed by atoms with van der Waals surface area (Å²) in [5, 5.41) is 9.25. The third-order valence-electron chi connectivity index (χ3n) is 2.50. The van der Waals surface area contributed by atoms with Crippen molar-refractivity contribution in [2.75, 3.05) is 0 Å². The summed E-state index contributed by atoms with van der Waals surface area (Å²) in [7, 11) is 0. The van der Waals surface area contributed by atoms with E-state index in [9.17, 15) is 18.3 Å². The van der Waals surface area contributed by atoms with Crippen molar-refractivity contribution in [3.8, 4) is 0 Å². The Kier molecular flexibility index (Phi) is 2.65. The third kappa shape index (κ3) is 1.91. The number of hydroxylamine groups is 1. The van der Waals surface area contributed by atoms with Gasteiger partial charge in [0.25, 0.3) is 5.79 Å². The van der Waals surface area contributed by atoms with Gasteiger partial charge in [0.15, 0.2) is 0 Å². The molecular weight excluding hydrogens is 223 g/mol. The van der Waals surface area contributed by atoms with E-state index < -0.39 is 24.4 Å². The van der Waals surface area contributed by atoms with Crippen LogP contribution >= 0.6 is 0 Å². The first-order valence-electron chi connectivity index (χ1n) is 4.70. The summed E-state index contributed by atoms with van der Waals surface area (Å²) in [5.74, 6) is -3.10. The van der Waals surface area contributed by atoms with Gasteiger partial charge in [-0.1, -0.05) is 30.3 Å². The van der Waals surface area contributed by atoms with Crippen LogP contribution in [0.3, 0.4) is 0 Å². The number of nitrogens with one attached hydrogen (secondary N) is 1. The molecule has 0 unspecified atom stereocenters. The minimum atomic E-state index is -4.80. The van der Waals surface area contributed by atoms with Crippen molar-refractivity contribution >= 4 is 0 Å². The molecule has 16 heavy (non-hydrogen) atoms. The van der Waals surface area contributed by atoms with Gasteiger partial charge in [-0.3, -0.25) is 4.84 Å². The van der Waals surface area contributed by atoms with Crippen molar-refractivity contribution in [1.82, 2.24) is 5.48 Å². The van der Waals surface area contributed by atoms with Crippen molar-refractivity contribution in [3.63, 3.8) is 0 Å². The maximum Gasteiger partial charge on any atom is 0.444 e. The van der Waals surface area contributed by atoms with E-state index in [2.05, 4.69) is 10.3 Å². The number of aliphatic hydroxyl groups is 1. The molecule has 88 valence electrons. The molecule has 0 spiro atoms. The van der Waals surface area contributed by atoms with E-state index in [0.29, 0.717) is 5.56 Å². The molecule has 0 amide bonds. The van der Waals surface area contributed by atoms with Gasteiger partial charge in [0, 0.05) is 6.42 Å². The lowest BCUT2D eigenvalue weighted by Crippen LogP contribution is -2.45. The minimum Gasteiger partial charge on any atom is -0.357 e. The van der Waals surface area contributed by atoms with Crippen LogP contribution in [-0.2, 0) is 4.84 Å². The van der Waals surface area contributed by atoms with Crippen molar-refractivity contribution in [2.24, 2.45) is 0 Å². The van der Waals surface area contributed by atoms with Gasteiger partial charge >= 0.3 is 6.18 Å². The number of benzene rings is 1. The van der Waals surface area contributed by atoms with E-state index >= 15 is 0 Å². The molecule has 1 fully saturated rings. The molecule has 0 radical (unpaired) electrons. The molecule has 1 aliphatic heterocycles. The molecule has 1 saturated heterocycles. The van der Waals surface area contributed by atoms with Gasteiger partial charge in [0.2, 0.25) is 0 Å². The zero-order chi connectivity index (χ0) is 11.8. The molecule has 0 aromatic heterocycles. The topological polar surface area (TPSA) is 41.5 Å². The van der Waals surface area contributed by atoms with E-state index in [1.165, 1.54) is 0 Å². The van der Waals surface area contributed by atoms with E-state index in [1.807, 2.05) is 0 Å². The van der Waals surface area contributed by atoms with Crippen LogP contribution in [0.5, 0.6) is 0 Å². The Hall–Kier alpha value is -1.11. The van der Waals surface area contributed by atoms with Crippen molar-refractivity contribution in [2.45, 2.75) is 24.4 Å². The third-order valence-corrected chi connectivity index (χ3v) is 2.50. The lowest BCUT2D eigenvalue weighted by Gasteiger charge is -2.22. The smallest absolute Gasteiger partial charge is 0.357 e. The molecule has 0 aliphatic carbocycles. The standard InChI is InChI=1S/C10H10F3NO2/c11-10(12,13)9(15)6-8(14-16-9)7-4-2-1-3-5-7/h1-5,8,14-15H,6H2/t8-,9+/m0/s1. The van der Waals surface area contributed by atoms with Gasteiger partial charge in [-0.25, -0.2) is 0 Å². The van der Waals surface area contributed by atoms with Crippen LogP contribution in [0.1, 0.15) is 18.0 Å². The quantitative estimate of drug-likeness (QED) is 0.778. The summed E-state index contributed by atoms with van der Waals surface area (Å²) in [6, 6.07) is 7.86. The summed E-state index contributed by atoms with van der Waals surface area (Å²) < 4.78 is 37.3. The SMILES string of the molecule is O[C@]1(C(F)(F)F)C[C@@H](c2ccccc2)NO1. The van der Waals surface area contributed by atoms with Crippen molar-refractivity contribution in [3.05, 3.63) is 35.9 Å². The summed E-state index contributed by atoms with van der Waals surface area (Å²) in [6.07, 6.45) is -5.36. The predicted molar refractivity (Wildman–Crippen MR) is 49.0 cm³/mol. The summed E-state index contributed by atoms with van der Waals surface area (Å²) in [6.45, 7) is 0. The van der Waals surface area contributed by atoms with Crippen LogP contribution in [-0.4, -0.2) is 17.1 Å². The Morgan fingerprint density at radius 3 is 2.44 bits per heavy atom. The molecule has 2 N–H and O–H groups in total. The van der Waals surface area contributed by atoms with Gasteiger partial charge in [0.1, 0.15) is 0 Å². The Bertz CT molecular complexity index is 368. The van der Waals surface area contributed by atoms with Crippen LogP contribution < -0.4 is 5.48 Å². The highest BCUT2D eigenvalue weighted by Gasteiger charge is 2.60. The summed E-state index contributed by atoms with van der Waals surface area (Å²) in [5.41, 5.74) is 2.84. The first-order valence-corrected chi connectivity index (χ1v) is 4.70. The number of hydrogen-bond donors (Lipinski definition) is 2. The lowest BCUT2D eigenvalue weighted by molar-refractivity contribution is -0.361. The number of halogens is 3. The van der Waals surface area contributed by atoms with Gasteiger partial charge in [0.05, 0.1) is 6.04 Å². The van der Waals surface area contributed by atoms with E-state index in [-0.39, 0.29) is 0 Å². The highest BCUT2D eigenvalue weighted by atomic mass is 19.4. The Morgan fingerprint density at radius 1 is 1.31 bits per heavy atom. The normalized spacial score (nSPS) is 30.6. The lowest BCUT2D eigenvalue weighted by atomic mass is 10.0. The Balaban J connectivity index is 2.15. The minimum absolute atomic E-state index is 0.555. The predicted octanol–water partition coefficient (Wildman–Crippen LogP) is 1.90. The number of hydrogen-bond acceptors (Lipinski definition) is 3. The largest absolute Gasteiger partial charge is 0.444 e. The Labute approximate surface area is 89.8 Å². The zero-order valence-electron chi connectivity index (χ0n) is 8.16. The van der Waals surface area contributed by atoms with Crippen LogP contribution in [0, 0.1) is 0 Å². The molecule has 2 rings (SSSR count). The molecule has 1 heterocycles. The highest BCUT2D eigenvalue weighted by molar-refractivity contribution is 5.19. The average molecular weight is 233 g/mol. The molecule has 2 atom stereocenters. The molecule has 6 heteroatoms. The van der Waals surface area contributed by atoms with E-state index in [4.69, 9.17) is 0 Å². The zero-order valence-corrected chi connectivity index (χ0v) is 8.16. The average Bonchev–Trinajstić information content (AvgIpc) is 2.63. The molecule has 1 aromatic rings. The van der Waals surface area contributed by atoms with E-state index in [1.54, 1.807) is 30.3 Å². The summed E-state index contributed by atoms with van der Waals surface area (Å²) in [4.78, 5) is 4.25. The maximum absolute atomic E-state index is 12.4. The second kappa shape index (κ2) is 3.73. The van der Waals surface area contributed by atoms with Crippen molar-refractivity contribution in [1.29, 1.82) is 0 Å². The molecule has 3 nitrogen and oxygen atoms in total. The second-order valence-electron chi connectivity index (χ2n) is 3.67. The van der Waals surface area contributed by atoms with Gasteiger partial charge in [-0.15, -0.1) is 0 Å². The number of rotatable bonds is 1. The summed E-state index contributed by atoms with van der Waals surface area (Å²) >= 11 is 0. The van der Waals surface area contributed by atoms with Gasteiger partial charge in [-0.2, -0.15) is 18.7 Å². The molecule has 1 aliphatic rings. The van der Waals surface area contributed by atoms with Crippen LogP contribution in [0.15, 0.2) is 30.3 Å². The monoisotopic (exact) mass is 233 g/mol. The Morgan fingerprint density at radius 2 is 1.94 bits per heavy atom.